The molecule has 1 aromatic carbocycles. The number of amides is 1. The molecule has 0 atom stereocenters. The first kappa shape index (κ1) is 14.5. The third kappa shape index (κ3) is 3.54. The van der Waals surface area contributed by atoms with Crippen LogP contribution in [0.25, 0.3) is 0 Å². The fourth-order valence-corrected chi connectivity index (χ4v) is 1.84. The number of anilines is 2. The molecule has 6 heteroatoms. The summed E-state index contributed by atoms with van der Waals surface area (Å²) < 4.78 is 13.7. The van der Waals surface area contributed by atoms with Crippen LogP contribution in [0.2, 0.25) is 0 Å². The van der Waals surface area contributed by atoms with Gasteiger partial charge in [-0.25, -0.2) is 9.37 Å². The molecule has 104 valence electrons. The number of carbonyl (C=O) groups is 1. The maximum atomic E-state index is 13.4. The molecule has 0 fully saturated rings. The van der Waals surface area contributed by atoms with Crippen molar-refractivity contribution in [1.29, 1.82) is 0 Å². The molecule has 2 aromatic rings. The van der Waals surface area contributed by atoms with Gasteiger partial charge in [0.1, 0.15) is 11.6 Å². The molecule has 0 aliphatic rings. The first-order chi connectivity index (χ1) is 9.60. The number of halogens is 2. The lowest BCUT2D eigenvalue weighted by Gasteiger charge is -2.07. The largest absolute Gasteiger partial charge is 0.370 e. The van der Waals surface area contributed by atoms with E-state index in [1.54, 1.807) is 18.2 Å². The van der Waals surface area contributed by atoms with Gasteiger partial charge in [0, 0.05) is 18.4 Å². The zero-order valence-corrected chi connectivity index (χ0v) is 12.4. The molecular weight excluding hydrogens is 325 g/mol. The van der Waals surface area contributed by atoms with Gasteiger partial charge in [-0.3, -0.25) is 4.79 Å². The monoisotopic (exact) mass is 337 g/mol. The van der Waals surface area contributed by atoms with Crippen LogP contribution in [-0.4, -0.2) is 17.4 Å². The summed E-state index contributed by atoms with van der Waals surface area (Å²) in [5.41, 5.74) is 0.807. The van der Waals surface area contributed by atoms with E-state index in [2.05, 4.69) is 31.5 Å². The van der Waals surface area contributed by atoms with Crippen LogP contribution in [0.1, 0.15) is 17.3 Å². The minimum atomic E-state index is -0.427. The number of hydrogen-bond acceptors (Lipinski definition) is 3. The molecule has 1 aromatic heterocycles. The van der Waals surface area contributed by atoms with Gasteiger partial charge < -0.3 is 10.6 Å². The Balaban J connectivity index is 2.09. The van der Waals surface area contributed by atoms with Crippen molar-refractivity contribution in [1.82, 2.24) is 4.98 Å². The third-order valence-corrected chi connectivity index (χ3v) is 3.20. The minimum Gasteiger partial charge on any atom is -0.370 e. The average molecular weight is 338 g/mol. The van der Waals surface area contributed by atoms with E-state index < -0.39 is 5.82 Å². The summed E-state index contributed by atoms with van der Waals surface area (Å²) in [6.07, 6.45) is 1.47. The predicted molar refractivity (Wildman–Crippen MR) is 80.5 cm³/mol. The molecule has 1 amide bonds. The molecule has 0 unspecified atom stereocenters. The van der Waals surface area contributed by atoms with Crippen LogP contribution in [0.5, 0.6) is 0 Å². The molecular formula is C14H13BrFN3O. The van der Waals surface area contributed by atoms with Gasteiger partial charge in [0.2, 0.25) is 0 Å². The van der Waals surface area contributed by atoms with Crippen molar-refractivity contribution in [2.75, 3.05) is 17.2 Å². The zero-order chi connectivity index (χ0) is 14.5. The van der Waals surface area contributed by atoms with Crippen LogP contribution < -0.4 is 10.6 Å². The lowest BCUT2D eigenvalue weighted by Crippen LogP contribution is -2.12. The van der Waals surface area contributed by atoms with Crippen LogP contribution in [0.3, 0.4) is 0 Å². The fourth-order valence-electron chi connectivity index (χ4n) is 1.59. The topological polar surface area (TPSA) is 54.0 Å². The van der Waals surface area contributed by atoms with Crippen molar-refractivity contribution in [3.8, 4) is 0 Å². The van der Waals surface area contributed by atoms with Crippen LogP contribution in [0.15, 0.2) is 41.0 Å². The Morgan fingerprint density at radius 3 is 2.75 bits per heavy atom. The van der Waals surface area contributed by atoms with Crippen molar-refractivity contribution in [3.05, 3.63) is 52.4 Å². The summed E-state index contributed by atoms with van der Waals surface area (Å²) in [6, 6.07) is 7.79. The Morgan fingerprint density at radius 1 is 1.35 bits per heavy atom. The normalized spacial score (nSPS) is 10.2. The van der Waals surface area contributed by atoms with Crippen LogP contribution >= 0.6 is 15.9 Å². The first-order valence-corrected chi connectivity index (χ1v) is 6.85. The van der Waals surface area contributed by atoms with Crippen molar-refractivity contribution < 1.29 is 9.18 Å². The van der Waals surface area contributed by atoms with Crippen LogP contribution in [0, 0.1) is 5.82 Å². The van der Waals surface area contributed by atoms with Crippen molar-refractivity contribution in [3.63, 3.8) is 0 Å². The molecule has 0 bridgehead atoms. The smallest absolute Gasteiger partial charge is 0.257 e. The van der Waals surface area contributed by atoms with Gasteiger partial charge >= 0.3 is 0 Å². The highest BCUT2D eigenvalue weighted by Gasteiger charge is 2.08. The summed E-state index contributed by atoms with van der Waals surface area (Å²) in [4.78, 5) is 16.1. The van der Waals surface area contributed by atoms with E-state index in [9.17, 15) is 9.18 Å². The van der Waals surface area contributed by atoms with E-state index in [4.69, 9.17) is 0 Å². The van der Waals surface area contributed by atoms with E-state index in [-0.39, 0.29) is 5.91 Å². The quantitative estimate of drug-likeness (QED) is 0.894. The van der Waals surface area contributed by atoms with Gasteiger partial charge in [0.15, 0.2) is 0 Å². The Kier molecular flexibility index (Phi) is 4.68. The van der Waals surface area contributed by atoms with Gasteiger partial charge in [-0.05, 0) is 53.2 Å². The molecule has 0 aliphatic carbocycles. The van der Waals surface area contributed by atoms with Gasteiger partial charge in [-0.1, -0.05) is 0 Å². The van der Waals surface area contributed by atoms with E-state index >= 15 is 0 Å². The SMILES string of the molecule is CCNc1ccc(C(=O)Nc2ccc(Br)c(F)c2)cn1. The highest BCUT2D eigenvalue weighted by atomic mass is 79.9. The lowest BCUT2D eigenvalue weighted by atomic mass is 10.2. The second-order valence-corrected chi connectivity index (χ2v) is 4.90. The van der Waals surface area contributed by atoms with Gasteiger partial charge in [0.05, 0.1) is 10.0 Å². The van der Waals surface area contributed by atoms with E-state index in [0.29, 0.717) is 21.5 Å². The van der Waals surface area contributed by atoms with Crippen molar-refractivity contribution in [2.24, 2.45) is 0 Å². The molecule has 2 N–H and O–H groups in total. The second-order valence-electron chi connectivity index (χ2n) is 4.05. The number of benzene rings is 1. The number of aromatic nitrogens is 1. The minimum absolute atomic E-state index is 0.331. The number of hydrogen-bond donors (Lipinski definition) is 2. The van der Waals surface area contributed by atoms with Gasteiger partial charge in [-0.15, -0.1) is 0 Å². The zero-order valence-electron chi connectivity index (χ0n) is 10.8. The summed E-state index contributed by atoms with van der Waals surface area (Å²) in [6.45, 7) is 2.72. The Hall–Kier alpha value is -1.95. The molecule has 0 saturated carbocycles. The number of carbonyl (C=O) groups excluding carboxylic acids is 1. The highest BCUT2D eigenvalue weighted by molar-refractivity contribution is 9.10. The highest BCUT2D eigenvalue weighted by Crippen LogP contribution is 2.19. The number of nitrogens with zero attached hydrogens (tertiary/aromatic N) is 1. The average Bonchev–Trinajstić information content (AvgIpc) is 2.44. The molecule has 20 heavy (non-hydrogen) atoms. The predicted octanol–water partition coefficient (Wildman–Crippen LogP) is 3.67. The fraction of sp³-hybridized carbons (Fsp3) is 0.143. The first-order valence-electron chi connectivity index (χ1n) is 6.06. The standard InChI is InChI=1S/C14H13BrFN3O/c1-2-17-13-6-3-9(8-18-13)14(20)19-10-4-5-11(15)12(16)7-10/h3-8H,2H2,1H3,(H,17,18)(H,19,20). The van der Waals surface area contributed by atoms with E-state index in [1.165, 1.54) is 18.3 Å². The molecule has 4 nitrogen and oxygen atoms in total. The molecule has 0 radical (unpaired) electrons. The Morgan fingerprint density at radius 2 is 2.15 bits per heavy atom. The maximum absolute atomic E-state index is 13.4. The molecule has 0 saturated heterocycles. The molecule has 0 spiro atoms. The van der Waals surface area contributed by atoms with Crippen LogP contribution in [0.4, 0.5) is 15.9 Å². The van der Waals surface area contributed by atoms with Gasteiger partial charge in [0.25, 0.3) is 5.91 Å². The summed E-state index contributed by atoms with van der Waals surface area (Å²) in [7, 11) is 0. The maximum Gasteiger partial charge on any atom is 0.257 e. The second kappa shape index (κ2) is 6.47. The Labute approximate surface area is 124 Å². The van der Waals surface area contributed by atoms with Crippen LogP contribution in [-0.2, 0) is 0 Å². The summed E-state index contributed by atoms with van der Waals surface area (Å²) >= 11 is 3.06. The van der Waals surface area contributed by atoms with Crippen molar-refractivity contribution >= 4 is 33.3 Å². The van der Waals surface area contributed by atoms with E-state index in [0.717, 1.165) is 6.54 Å². The van der Waals surface area contributed by atoms with Crippen molar-refractivity contribution in [2.45, 2.75) is 6.92 Å². The summed E-state index contributed by atoms with van der Waals surface area (Å²) in [5.74, 6) is -0.0515. The molecule has 0 aliphatic heterocycles. The van der Waals surface area contributed by atoms with E-state index in [1.807, 2.05) is 6.92 Å². The molecule has 2 rings (SSSR count). The summed E-state index contributed by atoms with van der Waals surface area (Å²) in [5, 5.41) is 5.66. The third-order valence-electron chi connectivity index (χ3n) is 2.56. The Bertz CT molecular complexity index is 616. The number of pyridine rings is 1. The number of nitrogens with one attached hydrogen (secondary N) is 2. The van der Waals surface area contributed by atoms with Gasteiger partial charge in [-0.2, -0.15) is 0 Å². The lowest BCUT2D eigenvalue weighted by molar-refractivity contribution is 0.102. The number of rotatable bonds is 4. The molecule has 1 heterocycles.